The Morgan fingerprint density at radius 1 is 1.47 bits per heavy atom. The average Bonchev–Trinajstić information content (AvgIpc) is 2.28. The van der Waals surface area contributed by atoms with Gasteiger partial charge in [-0.15, -0.1) is 0 Å². The molecule has 0 saturated carbocycles. The molecule has 0 aliphatic carbocycles. The number of carbonyl (C=O) groups is 1. The molecule has 0 fully saturated rings. The Morgan fingerprint density at radius 2 is 2.18 bits per heavy atom. The van der Waals surface area contributed by atoms with E-state index in [2.05, 4.69) is 4.90 Å². The van der Waals surface area contributed by atoms with Gasteiger partial charge >= 0.3 is 5.97 Å². The molecule has 4 nitrogen and oxygen atoms in total. The normalized spacial score (nSPS) is 10.3. The Bertz CT molecular complexity index is 390. The Kier molecular flexibility index (Phi) is 4.97. The first-order chi connectivity index (χ1) is 8.06. The number of aromatic carboxylic acids is 1. The highest BCUT2D eigenvalue weighted by Gasteiger charge is 2.08. The molecule has 0 aromatic heterocycles. The molecule has 1 aromatic rings. The third kappa shape index (κ3) is 3.75. The van der Waals surface area contributed by atoms with Crippen molar-refractivity contribution in [1.82, 2.24) is 0 Å². The maximum absolute atomic E-state index is 10.8. The molecule has 1 rings (SSSR count). The Hall–Kier alpha value is -1.55. The first-order valence-electron chi connectivity index (χ1n) is 5.60. The number of carboxylic acid groups (broad SMARTS) is 1. The van der Waals surface area contributed by atoms with Crippen molar-refractivity contribution in [2.75, 3.05) is 32.2 Å². The van der Waals surface area contributed by atoms with Gasteiger partial charge < -0.3 is 14.7 Å². The predicted octanol–water partition coefficient (Wildman–Crippen LogP) is 2.17. The van der Waals surface area contributed by atoms with Crippen molar-refractivity contribution < 1.29 is 14.6 Å². The van der Waals surface area contributed by atoms with Gasteiger partial charge in [0.1, 0.15) is 0 Å². The van der Waals surface area contributed by atoms with Crippen LogP contribution in [0.3, 0.4) is 0 Å². The molecule has 0 atom stereocenters. The maximum Gasteiger partial charge on any atom is 0.335 e. The first-order valence-corrected chi connectivity index (χ1v) is 5.60. The second-order valence-electron chi connectivity index (χ2n) is 4.07. The molecule has 4 heteroatoms. The maximum atomic E-state index is 10.8. The van der Waals surface area contributed by atoms with Crippen LogP contribution in [0.25, 0.3) is 0 Å². The third-order valence-electron chi connectivity index (χ3n) is 2.70. The fourth-order valence-corrected chi connectivity index (χ4v) is 1.78. The molecule has 0 amide bonds. The number of methoxy groups -OCH3 is 1. The largest absolute Gasteiger partial charge is 0.478 e. The number of hydrogen-bond acceptors (Lipinski definition) is 3. The molecule has 0 aliphatic rings. The highest BCUT2D eigenvalue weighted by molar-refractivity contribution is 5.88. The molecule has 0 radical (unpaired) electrons. The quantitative estimate of drug-likeness (QED) is 0.770. The van der Waals surface area contributed by atoms with Crippen LogP contribution < -0.4 is 4.90 Å². The van der Waals surface area contributed by atoms with Crippen LogP contribution in [0.2, 0.25) is 0 Å². The number of carboxylic acids is 1. The summed E-state index contributed by atoms with van der Waals surface area (Å²) in [6, 6.07) is 5.19. The molecule has 0 unspecified atom stereocenters. The Balaban J connectivity index is 2.74. The van der Waals surface area contributed by atoms with Crippen LogP contribution in [0.15, 0.2) is 18.2 Å². The summed E-state index contributed by atoms with van der Waals surface area (Å²) in [5, 5.41) is 8.88. The fraction of sp³-hybridized carbons (Fsp3) is 0.462. The zero-order chi connectivity index (χ0) is 12.8. The Morgan fingerprint density at radius 3 is 2.71 bits per heavy atom. The monoisotopic (exact) mass is 237 g/mol. The summed E-state index contributed by atoms with van der Waals surface area (Å²) >= 11 is 0. The van der Waals surface area contributed by atoms with Gasteiger partial charge in [-0.05, 0) is 37.1 Å². The highest BCUT2D eigenvalue weighted by Crippen LogP contribution is 2.20. The van der Waals surface area contributed by atoms with Gasteiger partial charge in [-0.3, -0.25) is 0 Å². The molecule has 1 N–H and O–H groups in total. The van der Waals surface area contributed by atoms with Gasteiger partial charge in [0.05, 0.1) is 5.56 Å². The van der Waals surface area contributed by atoms with Crippen molar-refractivity contribution in [3.05, 3.63) is 29.3 Å². The van der Waals surface area contributed by atoms with Crippen LogP contribution in [-0.4, -0.2) is 38.4 Å². The van der Waals surface area contributed by atoms with Crippen LogP contribution in [0.1, 0.15) is 22.3 Å². The van der Waals surface area contributed by atoms with Crippen molar-refractivity contribution >= 4 is 11.7 Å². The van der Waals surface area contributed by atoms with Gasteiger partial charge in [-0.2, -0.15) is 0 Å². The fourth-order valence-electron chi connectivity index (χ4n) is 1.78. The smallest absolute Gasteiger partial charge is 0.335 e. The van der Waals surface area contributed by atoms with Crippen LogP contribution in [0, 0.1) is 6.92 Å². The molecule has 0 spiro atoms. The van der Waals surface area contributed by atoms with Crippen LogP contribution >= 0.6 is 0 Å². The minimum Gasteiger partial charge on any atom is -0.478 e. The second-order valence-corrected chi connectivity index (χ2v) is 4.07. The van der Waals surface area contributed by atoms with Gasteiger partial charge in [0.25, 0.3) is 0 Å². The van der Waals surface area contributed by atoms with E-state index in [0.717, 1.165) is 30.8 Å². The Labute approximate surface area is 102 Å². The van der Waals surface area contributed by atoms with E-state index in [1.807, 2.05) is 20.0 Å². The van der Waals surface area contributed by atoms with E-state index in [4.69, 9.17) is 9.84 Å². The summed E-state index contributed by atoms with van der Waals surface area (Å²) in [5.41, 5.74) is 2.37. The molecule has 0 heterocycles. The van der Waals surface area contributed by atoms with Crippen molar-refractivity contribution in [3.8, 4) is 0 Å². The summed E-state index contributed by atoms with van der Waals surface area (Å²) in [6.07, 6.45) is 0.952. The van der Waals surface area contributed by atoms with Crippen molar-refractivity contribution in [3.63, 3.8) is 0 Å². The first kappa shape index (κ1) is 13.5. The zero-order valence-corrected chi connectivity index (χ0v) is 10.6. The lowest BCUT2D eigenvalue weighted by Crippen LogP contribution is -2.20. The van der Waals surface area contributed by atoms with Crippen molar-refractivity contribution in [2.24, 2.45) is 0 Å². The number of rotatable bonds is 6. The molecular weight excluding hydrogens is 218 g/mol. The summed E-state index contributed by atoms with van der Waals surface area (Å²) in [6.45, 7) is 3.55. The van der Waals surface area contributed by atoms with E-state index in [0.29, 0.717) is 5.56 Å². The SMILES string of the molecule is COCCCN(C)c1ccc(C(=O)O)cc1C. The van der Waals surface area contributed by atoms with E-state index in [9.17, 15) is 4.79 Å². The summed E-state index contributed by atoms with van der Waals surface area (Å²) < 4.78 is 5.00. The molecule has 0 saturated heterocycles. The summed E-state index contributed by atoms with van der Waals surface area (Å²) in [5.74, 6) is -0.887. The topological polar surface area (TPSA) is 49.8 Å². The second kappa shape index (κ2) is 6.25. The minimum atomic E-state index is -0.887. The van der Waals surface area contributed by atoms with E-state index in [-0.39, 0.29) is 0 Å². The van der Waals surface area contributed by atoms with Crippen LogP contribution in [-0.2, 0) is 4.74 Å². The lowest BCUT2D eigenvalue weighted by Gasteiger charge is -2.21. The third-order valence-corrected chi connectivity index (χ3v) is 2.70. The number of hydrogen-bond donors (Lipinski definition) is 1. The number of benzene rings is 1. The van der Waals surface area contributed by atoms with Crippen LogP contribution in [0.5, 0.6) is 0 Å². The van der Waals surface area contributed by atoms with Gasteiger partial charge in [0.2, 0.25) is 0 Å². The molecule has 0 aliphatic heterocycles. The molecular formula is C13H19NO3. The lowest BCUT2D eigenvalue weighted by molar-refractivity contribution is 0.0697. The zero-order valence-electron chi connectivity index (χ0n) is 10.6. The van der Waals surface area contributed by atoms with E-state index in [1.54, 1.807) is 19.2 Å². The van der Waals surface area contributed by atoms with Crippen LogP contribution in [0.4, 0.5) is 5.69 Å². The van der Waals surface area contributed by atoms with E-state index >= 15 is 0 Å². The van der Waals surface area contributed by atoms with Gasteiger partial charge in [-0.1, -0.05) is 0 Å². The summed E-state index contributed by atoms with van der Waals surface area (Å²) in [4.78, 5) is 12.9. The minimum absolute atomic E-state index is 0.330. The number of nitrogens with zero attached hydrogens (tertiary/aromatic N) is 1. The predicted molar refractivity (Wildman–Crippen MR) is 67.9 cm³/mol. The standard InChI is InChI=1S/C13H19NO3/c1-10-9-11(13(15)16)5-6-12(10)14(2)7-4-8-17-3/h5-6,9H,4,7-8H2,1-3H3,(H,15,16). The summed E-state index contributed by atoms with van der Waals surface area (Å²) in [7, 11) is 3.69. The van der Waals surface area contributed by atoms with E-state index < -0.39 is 5.97 Å². The van der Waals surface area contributed by atoms with Crippen molar-refractivity contribution in [2.45, 2.75) is 13.3 Å². The highest BCUT2D eigenvalue weighted by atomic mass is 16.5. The molecule has 1 aromatic carbocycles. The molecule has 94 valence electrons. The van der Waals surface area contributed by atoms with Gasteiger partial charge in [0.15, 0.2) is 0 Å². The van der Waals surface area contributed by atoms with Crippen molar-refractivity contribution in [1.29, 1.82) is 0 Å². The van der Waals surface area contributed by atoms with Gasteiger partial charge in [0, 0.05) is 33.0 Å². The average molecular weight is 237 g/mol. The number of aryl methyl sites for hydroxylation is 1. The molecule has 17 heavy (non-hydrogen) atoms. The van der Waals surface area contributed by atoms with E-state index in [1.165, 1.54) is 0 Å². The van der Waals surface area contributed by atoms with Gasteiger partial charge in [-0.25, -0.2) is 4.79 Å². The number of anilines is 1. The molecule has 0 bridgehead atoms. The lowest BCUT2D eigenvalue weighted by atomic mass is 10.1. The number of ether oxygens (including phenoxy) is 1.